The molecule has 1 fully saturated rings. The second-order valence-corrected chi connectivity index (χ2v) is 8.06. The van der Waals surface area contributed by atoms with Gasteiger partial charge in [-0.15, -0.1) is 0 Å². The number of urea groups is 1. The molecule has 2 N–H and O–H groups in total. The van der Waals surface area contributed by atoms with Crippen molar-refractivity contribution in [3.05, 3.63) is 53.6 Å². The number of fused-ring (bicyclic) bond motifs is 1. The molecule has 0 unspecified atom stereocenters. The molecule has 0 aromatic heterocycles. The number of hydrogen-bond acceptors (Lipinski definition) is 6. The van der Waals surface area contributed by atoms with Gasteiger partial charge in [0.25, 0.3) is 5.91 Å². The number of anilines is 1. The van der Waals surface area contributed by atoms with Crippen LogP contribution in [0, 0.1) is 0 Å². The Labute approximate surface area is 191 Å². The van der Waals surface area contributed by atoms with Crippen molar-refractivity contribution in [2.45, 2.75) is 32.2 Å². The molecular weight excluding hydrogens is 426 g/mol. The van der Waals surface area contributed by atoms with Gasteiger partial charge < -0.3 is 20.1 Å². The fourth-order valence-corrected chi connectivity index (χ4v) is 3.73. The number of carbonyl (C=O) groups is 4. The normalized spacial score (nSPS) is 19.6. The summed E-state index contributed by atoms with van der Waals surface area (Å²) in [4.78, 5) is 51.0. The molecule has 4 rings (SSSR count). The Morgan fingerprint density at radius 3 is 2.45 bits per heavy atom. The highest BCUT2D eigenvalue weighted by atomic mass is 16.5. The molecule has 2 heterocycles. The molecule has 2 aliphatic rings. The number of hydrogen-bond donors (Lipinski definition) is 2. The third-order valence-corrected chi connectivity index (χ3v) is 5.71. The lowest BCUT2D eigenvalue weighted by molar-refractivity contribution is -0.130. The smallest absolute Gasteiger partial charge is 0.325 e. The summed E-state index contributed by atoms with van der Waals surface area (Å²) in [5.74, 6) is 0.0414. The molecule has 1 saturated heterocycles. The van der Waals surface area contributed by atoms with Crippen LogP contribution in [0.1, 0.15) is 42.6 Å². The van der Waals surface area contributed by atoms with E-state index in [1.165, 1.54) is 0 Å². The fourth-order valence-electron chi connectivity index (χ4n) is 3.73. The summed E-state index contributed by atoms with van der Waals surface area (Å²) in [6, 6.07) is 10.8. The predicted molar refractivity (Wildman–Crippen MR) is 119 cm³/mol. The maximum absolute atomic E-state index is 13.2. The number of amides is 4. The van der Waals surface area contributed by atoms with Crippen molar-refractivity contribution in [1.82, 2.24) is 10.2 Å². The molecule has 2 aromatic carbocycles. The molecule has 9 heteroatoms. The topological polar surface area (TPSA) is 114 Å². The average Bonchev–Trinajstić information content (AvgIpc) is 2.97. The van der Waals surface area contributed by atoms with Gasteiger partial charge in [0.15, 0.2) is 17.3 Å². The van der Waals surface area contributed by atoms with Crippen molar-refractivity contribution in [1.29, 1.82) is 0 Å². The van der Waals surface area contributed by atoms with Crippen molar-refractivity contribution >= 4 is 29.3 Å². The largest absolute Gasteiger partial charge is 0.490 e. The van der Waals surface area contributed by atoms with Crippen LogP contribution < -0.4 is 20.1 Å². The highest BCUT2D eigenvalue weighted by Gasteiger charge is 2.49. The van der Waals surface area contributed by atoms with Crippen LogP contribution in [0.25, 0.3) is 0 Å². The van der Waals surface area contributed by atoms with E-state index in [-0.39, 0.29) is 5.91 Å². The lowest BCUT2D eigenvalue weighted by Gasteiger charge is -2.23. The van der Waals surface area contributed by atoms with Gasteiger partial charge in [0, 0.05) is 24.1 Å². The van der Waals surface area contributed by atoms with Crippen molar-refractivity contribution in [2.24, 2.45) is 0 Å². The summed E-state index contributed by atoms with van der Waals surface area (Å²) in [5, 5.41) is 5.41. The lowest BCUT2D eigenvalue weighted by Crippen LogP contribution is -2.41. The molecule has 1 atom stereocenters. The number of ether oxygens (including phenoxy) is 2. The van der Waals surface area contributed by atoms with Gasteiger partial charge in [0.1, 0.15) is 5.54 Å². The molecule has 0 saturated carbocycles. The van der Waals surface area contributed by atoms with E-state index in [9.17, 15) is 19.2 Å². The maximum atomic E-state index is 13.2. The standard InChI is InChI=1S/C24H25N3O6/c1-3-21(29)25-17-8-5-15(6-9-17)18(28)14-27-22(30)24(2,26-23(27)31)16-7-10-19-20(13-16)33-12-4-11-32-19/h5-10,13H,3-4,11-12,14H2,1-2H3,(H,25,29)(H,26,31)/t24-/m0/s1. The Hall–Kier alpha value is -3.88. The molecule has 2 aromatic rings. The van der Waals surface area contributed by atoms with Crippen LogP contribution in [0.15, 0.2) is 42.5 Å². The minimum absolute atomic E-state index is 0.137. The van der Waals surface area contributed by atoms with Crippen LogP contribution in [0.4, 0.5) is 10.5 Å². The number of nitrogens with one attached hydrogen (secondary N) is 2. The first kappa shape index (κ1) is 22.3. The zero-order valence-corrected chi connectivity index (χ0v) is 18.5. The summed E-state index contributed by atoms with van der Waals surface area (Å²) >= 11 is 0. The Morgan fingerprint density at radius 1 is 1.06 bits per heavy atom. The molecule has 4 amide bonds. The fraction of sp³-hybridized carbons (Fsp3) is 0.333. The lowest BCUT2D eigenvalue weighted by atomic mass is 9.91. The van der Waals surface area contributed by atoms with Crippen LogP contribution in [-0.4, -0.2) is 48.3 Å². The Balaban J connectivity index is 1.49. The van der Waals surface area contributed by atoms with Crippen LogP contribution in [0.3, 0.4) is 0 Å². The SMILES string of the molecule is CCC(=O)Nc1ccc(C(=O)CN2C(=O)N[C@@](C)(c3ccc4c(c3)OCCCO4)C2=O)cc1. The van der Waals surface area contributed by atoms with Gasteiger partial charge in [0.2, 0.25) is 5.91 Å². The van der Waals surface area contributed by atoms with Gasteiger partial charge in [-0.25, -0.2) is 4.79 Å². The minimum atomic E-state index is -1.34. The van der Waals surface area contributed by atoms with Gasteiger partial charge in [-0.05, 0) is 48.9 Å². The molecule has 33 heavy (non-hydrogen) atoms. The van der Waals surface area contributed by atoms with Gasteiger partial charge in [-0.1, -0.05) is 13.0 Å². The van der Waals surface area contributed by atoms with Crippen LogP contribution >= 0.6 is 0 Å². The second-order valence-electron chi connectivity index (χ2n) is 8.06. The highest BCUT2D eigenvalue weighted by molar-refractivity contribution is 6.11. The van der Waals surface area contributed by atoms with Crippen molar-refractivity contribution in [3.63, 3.8) is 0 Å². The van der Waals surface area contributed by atoms with Crippen LogP contribution in [-0.2, 0) is 15.1 Å². The summed E-state index contributed by atoms with van der Waals surface area (Å²) in [6.07, 6.45) is 1.09. The molecular formula is C24H25N3O6. The van der Waals surface area contributed by atoms with Crippen molar-refractivity contribution in [3.8, 4) is 11.5 Å². The average molecular weight is 451 g/mol. The van der Waals surface area contributed by atoms with Gasteiger partial charge in [0.05, 0.1) is 19.8 Å². The zero-order valence-electron chi connectivity index (χ0n) is 18.5. The first-order chi connectivity index (χ1) is 15.8. The summed E-state index contributed by atoms with van der Waals surface area (Å²) in [6.45, 7) is 3.98. The number of benzene rings is 2. The van der Waals surface area contributed by atoms with E-state index in [4.69, 9.17) is 9.47 Å². The first-order valence-corrected chi connectivity index (χ1v) is 10.8. The maximum Gasteiger partial charge on any atom is 0.325 e. The Morgan fingerprint density at radius 2 is 1.76 bits per heavy atom. The van der Waals surface area contributed by atoms with Gasteiger partial charge in [-0.2, -0.15) is 0 Å². The Bertz CT molecular complexity index is 1110. The number of rotatable bonds is 6. The minimum Gasteiger partial charge on any atom is -0.490 e. The quantitative estimate of drug-likeness (QED) is 0.516. The van der Waals surface area contributed by atoms with E-state index >= 15 is 0 Å². The predicted octanol–water partition coefficient (Wildman–Crippen LogP) is 2.85. The Kier molecular flexibility index (Phi) is 6.04. The van der Waals surface area contributed by atoms with Crippen LogP contribution in [0.2, 0.25) is 0 Å². The van der Waals surface area contributed by atoms with E-state index in [1.807, 2.05) is 0 Å². The number of nitrogens with zero attached hydrogens (tertiary/aromatic N) is 1. The van der Waals surface area contributed by atoms with E-state index in [0.29, 0.717) is 47.9 Å². The third kappa shape index (κ3) is 4.39. The molecule has 2 aliphatic heterocycles. The van der Waals surface area contributed by atoms with Crippen molar-refractivity contribution < 1.29 is 28.7 Å². The first-order valence-electron chi connectivity index (χ1n) is 10.8. The van der Waals surface area contributed by atoms with E-state index in [1.54, 1.807) is 56.3 Å². The molecule has 172 valence electrons. The van der Waals surface area contributed by atoms with E-state index in [2.05, 4.69) is 10.6 Å². The van der Waals surface area contributed by atoms with E-state index < -0.39 is 29.8 Å². The summed E-state index contributed by atoms with van der Waals surface area (Å²) in [5.41, 5.74) is 0.0943. The second kappa shape index (κ2) is 8.93. The van der Waals surface area contributed by atoms with Crippen molar-refractivity contribution in [2.75, 3.05) is 25.1 Å². The monoisotopic (exact) mass is 451 g/mol. The summed E-state index contributed by atoms with van der Waals surface area (Å²) < 4.78 is 11.3. The zero-order chi connectivity index (χ0) is 23.6. The third-order valence-electron chi connectivity index (χ3n) is 5.71. The van der Waals surface area contributed by atoms with Crippen LogP contribution in [0.5, 0.6) is 11.5 Å². The number of carbonyl (C=O) groups excluding carboxylic acids is 4. The molecule has 9 nitrogen and oxygen atoms in total. The number of ketones is 1. The molecule has 0 spiro atoms. The number of imide groups is 1. The van der Waals surface area contributed by atoms with E-state index in [0.717, 1.165) is 11.3 Å². The molecule has 0 bridgehead atoms. The van der Waals surface area contributed by atoms with Gasteiger partial charge in [-0.3, -0.25) is 19.3 Å². The summed E-state index contributed by atoms with van der Waals surface area (Å²) in [7, 11) is 0. The van der Waals surface area contributed by atoms with Gasteiger partial charge >= 0.3 is 6.03 Å². The number of Topliss-reactive ketones (excluding diaryl/α,β-unsaturated/α-hetero) is 1. The molecule has 0 radical (unpaired) electrons. The highest BCUT2D eigenvalue weighted by Crippen LogP contribution is 2.36. The molecule has 0 aliphatic carbocycles.